The van der Waals surface area contributed by atoms with Crippen molar-refractivity contribution in [1.82, 2.24) is 9.29 Å². The van der Waals surface area contributed by atoms with Crippen molar-refractivity contribution in [1.29, 1.82) is 0 Å². The van der Waals surface area contributed by atoms with Crippen LogP contribution in [0.25, 0.3) is 0 Å². The lowest BCUT2D eigenvalue weighted by Gasteiger charge is -2.30. The fraction of sp³-hybridized carbons (Fsp3) is 0.500. The summed E-state index contributed by atoms with van der Waals surface area (Å²) in [6.07, 6.45) is 2.48. The normalized spacial score (nSPS) is 20.6. The number of hydrogen-bond acceptors (Lipinski definition) is 5. The summed E-state index contributed by atoms with van der Waals surface area (Å²) in [5, 5.41) is 0.232. The molecule has 0 aliphatic carbocycles. The van der Waals surface area contributed by atoms with Crippen molar-refractivity contribution in [3.63, 3.8) is 0 Å². The van der Waals surface area contributed by atoms with E-state index in [4.69, 9.17) is 11.6 Å². The van der Waals surface area contributed by atoms with Crippen LogP contribution in [0, 0.1) is 5.92 Å². The van der Waals surface area contributed by atoms with Gasteiger partial charge in [-0.2, -0.15) is 4.31 Å². The Hall–Kier alpha value is -1.18. The van der Waals surface area contributed by atoms with Crippen LogP contribution in [0.2, 0.25) is 5.15 Å². The second kappa shape index (κ2) is 6.07. The zero-order valence-corrected chi connectivity index (χ0v) is 12.5. The number of rotatable bonds is 3. The lowest BCUT2D eigenvalue weighted by molar-refractivity contribution is -0.146. The van der Waals surface area contributed by atoms with E-state index < -0.39 is 15.9 Å². The van der Waals surface area contributed by atoms with E-state index in [0.717, 1.165) is 0 Å². The number of halogens is 1. The second-order valence-corrected chi connectivity index (χ2v) is 6.87. The van der Waals surface area contributed by atoms with Crippen LogP contribution in [0.4, 0.5) is 0 Å². The van der Waals surface area contributed by atoms with Crippen LogP contribution in [0.15, 0.2) is 23.2 Å². The summed E-state index contributed by atoms with van der Waals surface area (Å²) in [6.45, 7) is 0.524. The largest absolute Gasteiger partial charge is 0.469 e. The Kier molecular flexibility index (Phi) is 4.62. The Morgan fingerprint density at radius 2 is 2.25 bits per heavy atom. The number of esters is 1. The van der Waals surface area contributed by atoms with Gasteiger partial charge >= 0.3 is 5.97 Å². The molecule has 8 heteroatoms. The molecule has 2 rings (SSSR count). The number of sulfonamides is 1. The van der Waals surface area contributed by atoms with Crippen molar-refractivity contribution in [2.24, 2.45) is 5.92 Å². The van der Waals surface area contributed by atoms with Gasteiger partial charge in [0.1, 0.15) is 10.0 Å². The van der Waals surface area contributed by atoms with E-state index in [9.17, 15) is 13.2 Å². The van der Waals surface area contributed by atoms with Crippen molar-refractivity contribution in [2.75, 3.05) is 20.2 Å². The summed E-state index contributed by atoms with van der Waals surface area (Å²) in [4.78, 5) is 15.4. The summed E-state index contributed by atoms with van der Waals surface area (Å²) >= 11 is 5.65. The standard InChI is InChI=1S/C12H15ClN2O4S/c1-19-12(16)9-3-2-6-15(8-9)20(17,18)10-4-5-11(13)14-7-10/h4-5,7,9H,2-3,6,8H2,1H3. The Bertz CT molecular complexity index is 588. The minimum absolute atomic E-state index is 0.0763. The molecule has 6 nitrogen and oxygen atoms in total. The molecule has 0 saturated carbocycles. The first-order valence-corrected chi connectivity index (χ1v) is 7.96. The fourth-order valence-electron chi connectivity index (χ4n) is 2.18. The van der Waals surface area contributed by atoms with Crippen molar-refractivity contribution < 1.29 is 17.9 Å². The molecule has 110 valence electrons. The van der Waals surface area contributed by atoms with E-state index in [0.29, 0.717) is 19.4 Å². The average Bonchev–Trinajstić information content (AvgIpc) is 2.47. The SMILES string of the molecule is COC(=O)C1CCCN(S(=O)(=O)c2ccc(Cl)nc2)C1. The summed E-state index contributed by atoms with van der Waals surface area (Å²) in [5.41, 5.74) is 0. The van der Waals surface area contributed by atoms with Crippen molar-refractivity contribution in [2.45, 2.75) is 17.7 Å². The third-order valence-corrected chi connectivity index (χ3v) is 5.33. The van der Waals surface area contributed by atoms with Crippen LogP contribution in [-0.2, 0) is 19.6 Å². The lowest BCUT2D eigenvalue weighted by atomic mass is 10.0. The van der Waals surface area contributed by atoms with Crippen LogP contribution in [0.1, 0.15) is 12.8 Å². The molecule has 0 aromatic carbocycles. The molecule has 1 aliphatic rings. The van der Waals surface area contributed by atoms with Gasteiger partial charge in [-0.3, -0.25) is 4.79 Å². The van der Waals surface area contributed by atoms with E-state index in [1.165, 1.54) is 29.7 Å². The fourth-order valence-corrected chi connectivity index (χ4v) is 3.77. The molecule has 1 aromatic heterocycles. The summed E-state index contributed by atoms with van der Waals surface area (Å²) in [6, 6.07) is 2.84. The third kappa shape index (κ3) is 3.11. The monoisotopic (exact) mass is 318 g/mol. The highest BCUT2D eigenvalue weighted by molar-refractivity contribution is 7.89. The number of aromatic nitrogens is 1. The van der Waals surface area contributed by atoms with E-state index in [2.05, 4.69) is 9.72 Å². The highest BCUT2D eigenvalue weighted by Gasteiger charge is 2.33. The number of hydrogen-bond donors (Lipinski definition) is 0. The first-order valence-electron chi connectivity index (χ1n) is 6.14. The minimum Gasteiger partial charge on any atom is -0.469 e. The molecule has 0 N–H and O–H groups in total. The lowest BCUT2D eigenvalue weighted by Crippen LogP contribution is -2.42. The molecular weight excluding hydrogens is 304 g/mol. The Labute approximate surface area is 122 Å². The highest BCUT2D eigenvalue weighted by Crippen LogP contribution is 2.24. The second-order valence-electron chi connectivity index (χ2n) is 4.54. The molecule has 1 unspecified atom stereocenters. The number of carbonyl (C=O) groups is 1. The Morgan fingerprint density at radius 3 is 2.85 bits per heavy atom. The third-order valence-electron chi connectivity index (χ3n) is 3.26. The van der Waals surface area contributed by atoms with Crippen LogP contribution in [0.3, 0.4) is 0 Å². The van der Waals surface area contributed by atoms with Crippen molar-refractivity contribution in [3.05, 3.63) is 23.5 Å². The number of piperidine rings is 1. The molecule has 1 saturated heterocycles. The number of carbonyl (C=O) groups excluding carboxylic acids is 1. The van der Waals surface area contributed by atoms with Crippen molar-refractivity contribution >= 4 is 27.6 Å². The van der Waals surface area contributed by atoms with Gasteiger partial charge in [0.15, 0.2) is 0 Å². The molecule has 0 spiro atoms. The molecule has 0 bridgehead atoms. The molecule has 20 heavy (non-hydrogen) atoms. The molecule has 1 fully saturated rings. The van der Waals surface area contributed by atoms with Gasteiger partial charge in [-0.25, -0.2) is 13.4 Å². The average molecular weight is 319 g/mol. The quantitative estimate of drug-likeness (QED) is 0.620. The Morgan fingerprint density at radius 1 is 1.50 bits per heavy atom. The summed E-state index contributed by atoms with van der Waals surface area (Å²) in [7, 11) is -2.34. The van der Waals surface area contributed by atoms with Gasteiger partial charge < -0.3 is 4.74 Å². The molecule has 1 aliphatic heterocycles. The number of pyridine rings is 1. The topological polar surface area (TPSA) is 76.6 Å². The molecule has 0 amide bonds. The summed E-state index contributed by atoms with van der Waals surface area (Å²) < 4.78 is 30.9. The zero-order chi connectivity index (χ0) is 14.8. The van der Waals surface area contributed by atoms with Crippen LogP contribution in [-0.4, -0.2) is 43.9 Å². The molecule has 1 atom stereocenters. The zero-order valence-electron chi connectivity index (χ0n) is 11.0. The molecule has 2 heterocycles. The van der Waals surface area contributed by atoms with Gasteiger partial charge in [-0.05, 0) is 25.0 Å². The van der Waals surface area contributed by atoms with E-state index in [1.807, 2.05) is 0 Å². The van der Waals surface area contributed by atoms with Gasteiger partial charge in [0.2, 0.25) is 10.0 Å². The van der Waals surface area contributed by atoms with Gasteiger partial charge in [0.25, 0.3) is 0 Å². The maximum Gasteiger partial charge on any atom is 0.309 e. The van der Waals surface area contributed by atoms with Crippen LogP contribution >= 0.6 is 11.6 Å². The maximum atomic E-state index is 12.4. The van der Waals surface area contributed by atoms with Gasteiger partial charge in [0, 0.05) is 19.3 Å². The number of nitrogens with zero attached hydrogens (tertiary/aromatic N) is 2. The van der Waals surface area contributed by atoms with Crippen molar-refractivity contribution in [3.8, 4) is 0 Å². The number of ether oxygens (including phenoxy) is 1. The first kappa shape index (κ1) is 15.2. The minimum atomic E-state index is -3.65. The van der Waals surface area contributed by atoms with Gasteiger partial charge in [0.05, 0.1) is 13.0 Å². The predicted molar refractivity (Wildman–Crippen MR) is 72.7 cm³/mol. The van der Waals surface area contributed by atoms with E-state index in [1.54, 1.807) is 0 Å². The number of methoxy groups -OCH3 is 1. The Balaban J connectivity index is 2.21. The van der Waals surface area contributed by atoms with Gasteiger partial charge in [-0.1, -0.05) is 11.6 Å². The highest BCUT2D eigenvalue weighted by atomic mass is 35.5. The first-order chi connectivity index (χ1) is 9.45. The van der Waals surface area contributed by atoms with E-state index in [-0.39, 0.29) is 22.6 Å². The summed E-state index contributed by atoms with van der Waals surface area (Å²) in [5.74, 6) is -0.789. The molecular formula is C12H15ClN2O4S. The molecule has 1 aromatic rings. The van der Waals surface area contributed by atoms with Crippen LogP contribution in [0.5, 0.6) is 0 Å². The van der Waals surface area contributed by atoms with Gasteiger partial charge in [-0.15, -0.1) is 0 Å². The maximum absolute atomic E-state index is 12.4. The van der Waals surface area contributed by atoms with Crippen LogP contribution < -0.4 is 0 Å². The van der Waals surface area contributed by atoms with E-state index >= 15 is 0 Å². The smallest absolute Gasteiger partial charge is 0.309 e. The predicted octanol–water partition coefficient (Wildman–Crippen LogP) is 1.31. The molecule has 0 radical (unpaired) electrons.